The molecule has 26 heavy (non-hydrogen) atoms. The van der Waals surface area contributed by atoms with Gasteiger partial charge in [0.25, 0.3) is 0 Å². The van der Waals surface area contributed by atoms with Crippen LogP contribution in [0.4, 0.5) is 18.0 Å². The average molecular weight is 374 g/mol. The molecule has 0 spiro atoms. The van der Waals surface area contributed by atoms with Crippen molar-refractivity contribution < 1.29 is 22.7 Å². The Kier molecular flexibility index (Phi) is 5.74. The largest absolute Gasteiger partial charge is 0.434 e. The number of ether oxygens (including phenoxy) is 1. The quantitative estimate of drug-likeness (QED) is 0.882. The molecule has 0 saturated carbocycles. The van der Waals surface area contributed by atoms with E-state index in [2.05, 4.69) is 10.3 Å². The molecular formula is C17H25F3N4O2. The minimum absolute atomic E-state index is 0.0741. The van der Waals surface area contributed by atoms with Crippen LogP contribution >= 0.6 is 0 Å². The predicted molar refractivity (Wildman–Crippen MR) is 88.7 cm³/mol. The van der Waals surface area contributed by atoms with Gasteiger partial charge in [0, 0.05) is 45.9 Å². The monoisotopic (exact) mass is 374 g/mol. The fourth-order valence-electron chi connectivity index (χ4n) is 3.57. The van der Waals surface area contributed by atoms with Crippen molar-refractivity contribution in [2.45, 2.75) is 50.9 Å². The van der Waals surface area contributed by atoms with E-state index in [1.54, 1.807) is 16.5 Å². The van der Waals surface area contributed by atoms with E-state index < -0.39 is 11.9 Å². The van der Waals surface area contributed by atoms with E-state index in [0.717, 1.165) is 38.5 Å². The Morgan fingerprint density at radius 1 is 1.42 bits per heavy atom. The molecule has 6 nitrogen and oxygen atoms in total. The van der Waals surface area contributed by atoms with Gasteiger partial charge in [-0.2, -0.15) is 13.2 Å². The zero-order valence-electron chi connectivity index (χ0n) is 14.9. The Morgan fingerprint density at radius 3 is 2.92 bits per heavy atom. The zero-order valence-corrected chi connectivity index (χ0v) is 14.9. The number of urea groups is 1. The molecular weight excluding hydrogens is 349 g/mol. The lowest BCUT2D eigenvalue weighted by Gasteiger charge is -2.29. The number of imidazole rings is 1. The summed E-state index contributed by atoms with van der Waals surface area (Å²) in [5.74, 6) is 0.578. The first-order chi connectivity index (χ1) is 12.3. The van der Waals surface area contributed by atoms with Crippen LogP contribution in [0.25, 0.3) is 0 Å². The average Bonchev–Trinajstić information content (AvgIpc) is 3.04. The topological polar surface area (TPSA) is 59.4 Å². The molecule has 1 fully saturated rings. The van der Waals surface area contributed by atoms with E-state index in [4.69, 9.17) is 4.74 Å². The molecule has 1 N–H and O–H groups in total. The molecule has 2 aliphatic rings. The summed E-state index contributed by atoms with van der Waals surface area (Å²) >= 11 is 0. The van der Waals surface area contributed by atoms with Gasteiger partial charge in [-0.15, -0.1) is 0 Å². The summed E-state index contributed by atoms with van der Waals surface area (Å²) in [4.78, 5) is 17.5. The molecule has 9 heteroatoms. The highest BCUT2D eigenvalue weighted by molar-refractivity contribution is 5.73. The Labute approximate surface area is 150 Å². The van der Waals surface area contributed by atoms with Crippen LogP contribution in [0.1, 0.15) is 37.2 Å². The van der Waals surface area contributed by atoms with Gasteiger partial charge in [0.1, 0.15) is 5.82 Å². The first-order valence-corrected chi connectivity index (χ1v) is 9.06. The van der Waals surface area contributed by atoms with Gasteiger partial charge in [-0.25, -0.2) is 9.78 Å². The first-order valence-electron chi connectivity index (χ1n) is 9.06. The maximum Gasteiger partial charge on any atom is 0.434 e. The van der Waals surface area contributed by atoms with Crippen LogP contribution in [0.5, 0.6) is 0 Å². The van der Waals surface area contributed by atoms with Gasteiger partial charge in [-0.05, 0) is 31.6 Å². The van der Waals surface area contributed by atoms with Gasteiger partial charge in [0.15, 0.2) is 5.69 Å². The molecule has 3 rings (SSSR count). The molecule has 0 aromatic carbocycles. The van der Waals surface area contributed by atoms with Gasteiger partial charge in [0.2, 0.25) is 0 Å². The second-order valence-corrected chi connectivity index (χ2v) is 7.15. The number of alkyl halides is 3. The van der Waals surface area contributed by atoms with Crippen LogP contribution in [0, 0.1) is 5.92 Å². The van der Waals surface area contributed by atoms with Gasteiger partial charge in [0.05, 0.1) is 6.10 Å². The Bertz CT molecular complexity index is 626. The number of hydrogen-bond acceptors (Lipinski definition) is 3. The van der Waals surface area contributed by atoms with Crippen molar-refractivity contribution in [2.24, 2.45) is 5.92 Å². The summed E-state index contributed by atoms with van der Waals surface area (Å²) in [6.45, 7) is 2.18. The van der Waals surface area contributed by atoms with Gasteiger partial charge >= 0.3 is 12.2 Å². The van der Waals surface area contributed by atoms with E-state index in [9.17, 15) is 18.0 Å². The van der Waals surface area contributed by atoms with Crippen molar-refractivity contribution in [1.29, 1.82) is 0 Å². The molecule has 0 aliphatic carbocycles. The van der Waals surface area contributed by atoms with Crippen LogP contribution in [0.15, 0.2) is 6.20 Å². The normalized spacial score (nSPS) is 23.4. The lowest BCUT2D eigenvalue weighted by Crippen LogP contribution is -2.44. The van der Waals surface area contributed by atoms with E-state index in [-0.39, 0.29) is 18.1 Å². The van der Waals surface area contributed by atoms with E-state index in [0.29, 0.717) is 31.9 Å². The Balaban J connectivity index is 1.48. The molecule has 2 atom stereocenters. The van der Waals surface area contributed by atoms with Crippen molar-refractivity contribution in [3.05, 3.63) is 17.7 Å². The van der Waals surface area contributed by atoms with E-state index in [1.807, 2.05) is 0 Å². The fraction of sp³-hybridized carbons (Fsp3) is 0.765. The van der Waals surface area contributed by atoms with Crippen LogP contribution in [0.2, 0.25) is 0 Å². The van der Waals surface area contributed by atoms with Gasteiger partial charge in [-0.3, -0.25) is 0 Å². The van der Waals surface area contributed by atoms with Crippen molar-refractivity contribution in [2.75, 3.05) is 26.7 Å². The molecule has 3 heterocycles. The molecule has 1 saturated heterocycles. The minimum atomic E-state index is -4.42. The van der Waals surface area contributed by atoms with Gasteiger partial charge in [-0.1, -0.05) is 0 Å². The van der Waals surface area contributed by atoms with E-state index in [1.165, 1.54) is 0 Å². The maximum absolute atomic E-state index is 12.8. The van der Waals surface area contributed by atoms with Crippen LogP contribution in [-0.2, 0) is 23.9 Å². The summed E-state index contributed by atoms with van der Waals surface area (Å²) < 4.78 is 45.5. The Hall–Kier alpha value is -1.77. The van der Waals surface area contributed by atoms with Crippen molar-refractivity contribution in [1.82, 2.24) is 19.8 Å². The minimum Gasteiger partial charge on any atom is -0.376 e. The molecule has 0 bridgehead atoms. The first kappa shape index (κ1) is 19.0. The SMILES string of the molecule is CN(C[C@@H]1CCc2nc(C(F)(F)F)cn2C1)C(=O)NC[C@H]1CCCCO1. The number of nitrogens with one attached hydrogen (secondary N) is 1. The lowest BCUT2D eigenvalue weighted by molar-refractivity contribution is -0.141. The third-order valence-corrected chi connectivity index (χ3v) is 5.01. The zero-order chi connectivity index (χ0) is 18.7. The summed E-state index contributed by atoms with van der Waals surface area (Å²) in [7, 11) is 1.71. The van der Waals surface area contributed by atoms with Crippen LogP contribution in [-0.4, -0.2) is 53.3 Å². The third-order valence-electron chi connectivity index (χ3n) is 5.01. The number of amides is 2. The molecule has 1 aromatic heterocycles. The molecule has 146 valence electrons. The number of carbonyl (C=O) groups excluding carboxylic acids is 1. The van der Waals surface area contributed by atoms with Crippen molar-refractivity contribution in [3.8, 4) is 0 Å². The lowest BCUT2D eigenvalue weighted by atomic mass is 9.99. The van der Waals surface area contributed by atoms with Crippen molar-refractivity contribution in [3.63, 3.8) is 0 Å². The highest BCUT2D eigenvalue weighted by Gasteiger charge is 2.36. The fourth-order valence-corrected chi connectivity index (χ4v) is 3.57. The number of rotatable bonds is 4. The second-order valence-electron chi connectivity index (χ2n) is 7.15. The highest BCUT2D eigenvalue weighted by atomic mass is 19.4. The standard InChI is InChI=1S/C17H25F3N4O2/c1-23(16(25)21-8-13-4-2-3-7-26-13)9-12-5-6-15-22-14(17(18,19)20)11-24(15)10-12/h11-13H,2-10H2,1H3,(H,21,25)/t12-,13+/m0/s1. The molecule has 2 aliphatic heterocycles. The van der Waals surface area contributed by atoms with Crippen LogP contribution in [0.3, 0.4) is 0 Å². The number of hydrogen-bond donors (Lipinski definition) is 1. The van der Waals surface area contributed by atoms with Crippen molar-refractivity contribution >= 4 is 6.03 Å². The summed E-state index contributed by atoms with van der Waals surface area (Å²) in [6.07, 6.45) is 1.08. The summed E-state index contributed by atoms with van der Waals surface area (Å²) in [5.41, 5.74) is -0.841. The number of carbonyl (C=O) groups is 1. The summed E-state index contributed by atoms with van der Waals surface area (Å²) in [6, 6.07) is -0.174. The highest BCUT2D eigenvalue weighted by Crippen LogP contribution is 2.30. The maximum atomic E-state index is 12.8. The number of nitrogens with zero attached hydrogens (tertiary/aromatic N) is 3. The number of aromatic nitrogens is 2. The molecule has 0 radical (unpaired) electrons. The summed E-state index contributed by atoms with van der Waals surface area (Å²) in [5, 5.41) is 2.88. The number of aryl methyl sites for hydroxylation is 1. The van der Waals surface area contributed by atoms with Crippen LogP contribution < -0.4 is 5.32 Å². The third kappa shape index (κ3) is 4.69. The molecule has 0 unspecified atom stereocenters. The molecule has 2 amide bonds. The number of fused-ring (bicyclic) bond motifs is 1. The van der Waals surface area contributed by atoms with E-state index >= 15 is 0 Å². The van der Waals surface area contributed by atoms with Gasteiger partial charge < -0.3 is 19.5 Å². The second kappa shape index (κ2) is 7.85. The number of halogens is 3. The molecule has 1 aromatic rings. The Morgan fingerprint density at radius 2 is 2.23 bits per heavy atom. The smallest absolute Gasteiger partial charge is 0.376 e. The predicted octanol–water partition coefficient (Wildman–Crippen LogP) is 2.67.